The summed E-state index contributed by atoms with van der Waals surface area (Å²) in [6, 6.07) is 2.48. The molecule has 1 atom stereocenters. The molecule has 0 aliphatic rings. The quantitative estimate of drug-likeness (QED) is 0.248. The number of aliphatic imine (C=N–C) groups is 1. The van der Waals surface area contributed by atoms with Crippen LogP contribution in [-0.4, -0.2) is 30.3 Å². The number of nitrogens with zero attached hydrogens (tertiary/aromatic N) is 2. The monoisotopic (exact) mass is 401 g/mol. The minimum absolute atomic E-state index is 0.0141. The molecule has 0 aliphatic carbocycles. The molecule has 1 unspecified atom stereocenters. The van der Waals surface area contributed by atoms with E-state index in [0.717, 1.165) is 18.3 Å². The normalized spacial score (nSPS) is 15.6. The molecule has 0 aliphatic heterocycles. The van der Waals surface area contributed by atoms with Crippen LogP contribution in [0.2, 0.25) is 0 Å². The number of aromatic nitrogens is 1. The predicted octanol–water partition coefficient (Wildman–Crippen LogP) is 5.38. The van der Waals surface area contributed by atoms with Gasteiger partial charge in [0.05, 0.1) is 11.3 Å². The van der Waals surface area contributed by atoms with Crippen molar-refractivity contribution in [2.24, 2.45) is 16.6 Å². The summed E-state index contributed by atoms with van der Waals surface area (Å²) >= 11 is 0. The molecule has 8 heteroatoms. The first-order chi connectivity index (χ1) is 13.0. The second-order valence-corrected chi connectivity index (χ2v) is 7.31. The molecular weight excluding hydrogens is 374 g/mol. The largest absolute Gasteiger partial charge is 0.496 e. The van der Waals surface area contributed by atoms with E-state index in [0.29, 0.717) is 12.3 Å². The van der Waals surface area contributed by atoms with Crippen LogP contribution in [0.1, 0.15) is 51.8 Å². The highest BCUT2D eigenvalue weighted by atomic mass is 19.3. The van der Waals surface area contributed by atoms with E-state index < -0.39 is 29.7 Å². The van der Waals surface area contributed by atoms with Crippen LogP contribution in [0.5, 0.6) is 0 Å². The Morgan fingerprint density at radius 1 is 1.36 bits per heavy atom. The number of rotatable bonds is 10. The highest BCUT2D eigenvalue weighted by Crippen LogP contribution is 2.26. The molecule has 0 saturated carbocycles. The lowest BCUT2D eigenvalue weighted by molar-refractivity contribution is 0.126. The van der Waals surface area contributed by atoms with Crippen molar-refractivity contribution in [1.29, 1.82) is 0 Å². The summed E-state index contributed by atoms with van der Waals surface area (Å²) in [5.41, 5.74) is 4.79. The molecule has 0 aromatic carbocycles. The van der Waals surface area contributed by atoms with Crippen molar-refractivity contribution in [1.82, 2.24) is 4.98 Å². The maximum Gasteiger partial charge on any atom is 0.280 e. The summed E-state index contributed by atoms with van der Waals surface area (Å²) in [5, 5.41) is 0. The van der Waals surface area contributed by atoms with Crippen LogP contribution in [0.25, 0.3) is 5.70 Å². The van der Waals surface area contributed by atoms with E-state index >= 15 is 0 Å². The van der Waals surface area contributed by atoms with Crippen LogP contribution in [0.15, 0.2) is 40.7 Å². The van der Waals surface area contributed by atoms with E-state index in [1.54, 1.807) is 6.92 Å². The second kappa shape index (κ2) is 10.4. The lowest BCUT2D eigenvalue weighted by Gasteiger charge is -2.27. The van der Waals surface area contributed by atoms with E-state index in [9.17, 15) is 17.6 Å². The Bertz CT molecular complexity index is 728. The van der Waals surface area contributed by atoms with Gasteiger partial charge in [-0.2, -0.15) is 0 Å². The minimum Gasteiger partial charge on any atom is -0.496 e. The van der Waals surface area contributed by atoms with Crippen LogP contribution < -0.4 is 5.73 Å². The van der Waals surface area contributed by atoms with Gasteiger partial charge in [-0.25, -0.2) is 17.6 Å². The summed E-state index contributed by atoms with van der Waals surface area (Å²) in [5.74, 6) is 0.310. The Labute approximate surface area is 163 Å². The molecule has 28 heavy (non-hydrogen) atoms. The first kappa shape index (κ1) is 23.8. The molecule has 0 fully saturated rings. The van der Waals surface area contributed by atoms with Gasteiger partial charge < -0.3 is 10.5 Å². The summed E-state index contributed by atoms with van der Waals surface area (Å²) in [4.78, 5) is 7.25. The number of hydrogen-bond acceptors (Lipinski definition) is 4. The smallest absolute Gasteiger partial charge is 0.280 e. The molecule has 1 aromatic heterocycles. The maximum absolute atomic E-state index is 13.6. The third-order valence-corrected chi connectivity index (χ3v) is 3.90. The SMILES string of the molecule is C=N/C(=C\C(=C(/C)OCC(C)(N)CC(C)C)C(F)F)c1ccnc(C(F)F)c1. The third-order valence-electron chi connectivity index (χ3n) is 3.90. The maximum atomic E-state index is 13.6. The van der Waals surface area contributed by atoms with E-state index in [2.05, 4.69) is 16.7 Å². The Morgan fingerprint density at radius 3 is 2.50 bits per heavy atom. The first-order valence-electron chi connectivity index (χ1n) is 8.80. The van der Waals surface area contributed by atoms with Crippen LogP contribution in [0.4, 0.5) is 17.6 Å². The summed E-state index contributed by atoms with van der Waals surface area (Å²) < 4.78 is 58.4. The Hall–Kier alpha value is -2.22. The van der Waals surface area contributed by atoms with Crippen LogP contribution in [-0.2, 0) is 4.74 Å². The Kier molecular flexibility index (Phi) is 8.81. The van der Waals surface area contributed by atoms with Crippen molar-refractivity contribution in [3.63, 3.8) is 0 Å². The lowest BCUT2D eigenvalue weighted by atomic mass is 9.93. The molecule has 1 aromatic rings. The van der Waals surface area contributed by atoms with Crippen molar-refractivity contribution >= 4 is 12.4 Å². The number of halogens is 4. The predicted molar refractivity (Wildman–Crippen MR) is 103 cm³/mol. The molecule has 0 radical (unpaired) electrons. The molecule has 0 bridgehead atoms. The standard InChI is InChI=1S/C20H27F4N3O/c1-12(2)10-20(4,25)11-28-13(3)15(18(21)22)9-16(26-5)14-6-7-27-17(8-14)19(23)24/h6-9,12,18-19H,5,10-11,25H2,1-4H3/b15-13-,16-9-. The van der Waals surface area contributed by atoms with Gasteiger partial charge in [0.2, 0.25) is 0 Å². The zero-order valence-electron chi connectivity index (χ0n) is 16.6. The van der Waals surface area contributed by atoms with Crippen molar-refractivity contribution in [2.75, 3.05) is 6.61 Å². The summed E-state index contributed by atoms with van der Waals surface area (Å²) in [7, 11) is 0. The molecular formula is C20H27F4N3O. The number of alkyl halides is 4. The van der Waals surface area contributed by atoms with E-state index in [4.69, 9.17) is 10.5 Å². The third kappa shape index (κ3) is 7.42. The van der Waals surface area contributed by atoms with Crippen LogP contribution in [0.3, 0.4) is 0 Å². The Balaban J connectivity index is 3.19. The van der Waals surface area contributed by atoms with Gasteiger partial charge in [0.1, 0.15) is 18.1 Å². The van der Waals surface area contributed by atoms with Crippen molar-refractivity contribution in [3.8, 4) is 0 Å². The fraction of sp³-hybridized carbons (Fsp3) is 0.500. The fourth-order valence-electron chi connectivity index (χ4n) is 2.76. The summed E-state index contributed by atoms with van der Waals surface area (Å²) in [6.45, 7) is 10.6. The van der Waals surface area contributed by atoms with Gasteiger partial charge >= 0.3 is 0 Å². The molecule has 156 valence electrons. The van der Waals surface area contributed by atoms with Gasteiger partial charge in [0.15, 0.2) is 0 Å². The zero-order chi connectivity index (χ0) is 21.5. The molecule has 0 spiro atoms. The number of hydrogen-bond donors (Lipinski definition) is 1. The highest BCUT2D eigenvalue weighted by Gasteiger charge is 2.23. The van der Waals surface area contributed by atoms with E-state index in [1.165, 1.54) is 13.0 Å². The van der Waals surface area contributed by atoms with E-state index in [1.807, 2.05) is 13.8 Å². The van der Waals surface area contributed by atoms with Crippen molar-refractivity contribution in [2.45, 2.75) is 52.5 Å². The number of pyridine rings is 1. The van der Waals surface area contributed by atoms with Crippen molar-refractivity contribution < 1.29 is 22.3 Å². The number of nitrogens with two attached hydrogens (primary N) is 1. The van der Waals surface area contributed by atoms with Gasteiger partial charge in [-0.3, -0.25) is 9.98 Å². The first-order valence-corrected chi connectivity index (χ1v) is 8.80. The van der Waals surface area contributed by atoms with E-state index in [-0.39, 0.29) is 23.6 Å². The van der Waals surface area contributed by atoms with Gasteiger partial charge in [-0.05, 0) is 51.1 Å². The summed E-state index contributed by atoms with van der Waals surface area (Å²) in [6.07, 6.45) is -2.75. The van der Waals surface area contributed by atoms with Gasteiger partial charge in [0, 0.05) is 17.3 Å². The fourth-order valence-corrected chi connectivity index (χ4v) is 2.76. The van der Waals surface area contributed by atoms with Gasteiger partial charge in [-0.15, -0.1) is 0 Å². The highest BCUT2D eigenvalue weighted by molar-refractivity contribution is 5.70. The molecule has 1 heterocycles. The van der Waals surface area contributed by atoms with Crippen LogP contribution in [0, 0.1) is 5.92 Å². The molecule has 1 rings (SSSR count). The zero-order valence-corrected chi connectivity index (χ0v) is 16.6. The molecule has 4 nitrogen and oxygen atoms in total. The Morgan fingerprint density at radius 2 is 2.00 bits per heavy atom. The van der Waals surface area contributed by atoms with Gasteiger partial charge in [0.25, 0.3) is 12.9 Å². The minimum atomic E-state index is -2.86. The molecule has 0 amide bonds. The van der Waals surface area contributed by atoms with Crippen molar-refractivity contribution in [3.05, 3.63) is 47.0 Å². The van der Waals surface area contributed by atoms with Gasteiger partial charge in [-0.1, -0.05) is 13.8 Å². The second-order valence-electron chi connectivity index (χ2n) is 7.31. The number of ether oxygens (including phenoxy) is 1. The topological polar surface area (TPSA) is 60.5 Å². The lowest BCUT2D eigenvalue weighted by Crippen LogP contribution is -2.42. The van der Waals surface area contributed by atoms with Crippen LogP contribution >= 0.6 is 0 Å². The molecule has 2 N–H and O–H groups in total. The average Bonchev–Trinajstić information content (AvgIpc) is 2.59. The number of allylic oxidation sites excluding steroid dienone is 3. The average molecular weight is 401 g/mol. The molecule has 0 saturated heterocycles.